The zero-order chi connectivity index (χ0) is 13.7. The lowest BCUT2D eigenvalue weighted by atomic mass is 9.83. The maximum Gasteiger partial charge on any atom is 0.123 e. The summed E-state index contributed by atoms with van der Waals surface area (Å²) < 4.78 is 12.8. The number of rotatable bonds is 5. The van der Waals surface area contributed by atoms with Crippen molar-refractivity contribution in [1.82, 2.24) is 5.32 Å². The Kier molecular flexibility index (Phi) is 5.34. The Balaban J connectivity index is 1.85. The first kappa shape index (κ1) is 14.5. The van der Waals surface area contributed by atoms with Gasteiger partial charge in [0.1, 0.15) is 5.82 Å². The molecular formula is C16H24FNO. The lowest BCUT2D eigenvalue weighted by Crippen LogP contribution is -2.40. The third kappa shape index (κ3) is 4.02. The van der Waals surface area contributed by atoms with Gasteiger partial charge in [-0.3, -0.25) is 0 Å². The topological polar surface area (TPSA) is 32.3 Å². The van der Waals surface area contributed by atoms with Gasteiger partial charge in [0.25, 0.3) is 0 Å². The van der Waals surface area contributed by atoms with Gasteiger partial charge in [-0.15, -0.1) is 0 Å². The van der Waals surface area contributed by atoms with Crippen LogP contribution in [0.5, 0.6) is 0 Å². The number of aliphatic hydroxyl groups excluding tert-OH is 1. The van der Waals surface area contributed by atoms with Crippen molar-refractivity contribution in [1.29, 1.82) is 0 Å². The van der Waals surface area contributed by atoms with Crippen LogP contribution in [0.2, 0.25) is 0 Å². The van der Waals surface area contributed by atoms with E-state index in [9.17, 15) is 9.50 Å². The third-order valence-corrected chi connectivity index (χ3v) is 4.26. The lowest BCUT2D eigenvalue weighted by molar-refractivity contribution is 0.154. The van der Waals surface area contributed by atoms with Gasteiger partial charge in [0.05, 0.1) is 6.10 Å². The number of halogens is 1. The number of nitrogens with one attached hydrogen (secondary N) is 1. The number of hydrogen-bond acceptors (Lipinski definition) is 2. The van der Waals surface area contributed by atoms with Crippen LogP contribution in [0.1, 0.15) is 50.7 Å². The summed E-state index contributed by atoms with van der Waals surface area (Å²) >= 11 is 0. The fourth-order valence-corrected chi connectivity index (χ4v) is 3.03. The van der Waals surface area contributed by atoms with Crippen molar-refractivity contribution >= 4 is 0 Å². The number of aliphatic hydroxyl groups is 1. The zero-order valence-electron chi connectivity index (χ0n) is 11.6. The highest BCUT2D eigenvalue weighted by atomic mass is 19.1. The first-order chi connectivity index (χ1) is 9.20. The molecule has 3 atom stereocenters. The van der Waals surface area contributed by atoms with Gasteiger partial charge in [-0.05, 0) is 36.5 Å². The van der Waals surface area contributed by atoms with E-state index in [2.05, 4.69) is 12.2 Å². The highest BCUT2D eigenvalue weighted by Gasteiger charge is 2.23. The van der Waals surface area contributed by atoms with E-state index in [1.165, 1.54) is 44.2 Å². The van der Waals surface area contributed by atoms with Gasteiger partial charge in [-0.2, -0.15) is 0 Å². The average Bonchev–Trinajstić information content (AvgIpc) is 2.45. The molecule has 0 aromatic heterocycles. The Morgan fingerprint density at radius 2 is 1.95 bits per heavy atom. The normalized spacial score (nSPS) is 25.2. The van der Waals surface area contributed by atoms with Crippen molar-refractivity contribution in [2.45, 2.75) is 51.2 Å². The van der Waals surface area contributed by atoms with Crippen molar-refractivity contribution in [2.75, 3.05) is 6.54 Å². The monoisotopic (exact) mass is 265 g/mol. The van der Waals surface area contributed by atoms with Gasteiger partial charge in [-0.25, -0.2) is 4.39 Å². The summed E-state index contributed by atoms with van der Waals surface area (Å²) in [5.74, 6) is 0.469. The summed E-state index contributed by atoms with van der Waals surface area (Å²) in [6.45, 7) is 2.79. The van der Waals surface area contributed by atoms with E-state index in [4.69, 9.17) is 0 Å². The third-order valence-electron chi connectivity index (χ3n) is 4.26. The molecule has 1 aliphatic carbocycles. The molecule has 1 aliphatic rings. The van der Waals surface area contributed by atoms with E-state index >= 15 is 0 Å². The van der Waals surface area contributed by atoms with Crippen LogP contribution in [0.4, 0.5) is 4.39 Å². The maximum absolute atomic E-state index is 12.8. The molecule has 1 saturated carbocycles. The van der Waals surface area contributed by atoms with Crippen LogP contribution >= 0.6 is 0 Å². The molecule has 1 fully saturated rings. The van der Waals surface area contributed by atoms with Gasteiger partial charge in [0.2, 0.25) is 0 Å². The Hall–Kier alpha value is -0.930. The Bertz CT molecular complexity index is 379. The second kappa shape index (κ2) is 7.01. The molecule has 2 N–H and O–H groups in total. The van der Waals surface area contributed by atoms with Gasteiger partial charge >= 0.3 is 0 Å². The predicted octanol–water partition coefficient (Wildman–Crippen LogP) is 3.42. The summed E-state index contributed by atoms with van der Waals surface area (Å²) in [6.07, 6.45) is 5.75. The van der Waals surface area contributed by atoms with Crippen molar-refractivity contribution in [3.8, 4) is 0 Å². The molecule has 2 rings (SSSR count). The van der Waals surface area contributed by atoms with E-state index < -0.39 is 6.10 Å². The van der Waals surface area contributed by atoms with Crippen LogP contribution in [-0.4, -0.2) is 17.7 Å². The van der Waals surface area contributed by atoms with Gasteiger partial charge in [-0.1, -0.05) is 38.3 Å². The molecule has 3 unspecified atom stereocenters. The van der Waals surface area contributed by atoms with Crippen LogP contribution < -0.4 is 5.32 Å². The molecule has 3 heteroatoms. The Labute approximate surface area is 115 Å². The SMILES string of the molecule is CCC1CCCCC1NCC(O)c1ccc(F)cc1. The molecule has 0 aliphatic heterocycles. The minimum absolute atomic E-state index is 0.262. The molecule has 0 bridgehead atoms. The van der Waals surface area contributed by atoms with Crippen LogP contribution in [0.3, 0.4) is 0 Å². The summed E-state index contributed by atoms with van der Waals surface area (Å²) in [5, 5.41) is 13.6. The largest absolute Gasteiger partial charge is 0.387 e. The first-order valence-corrected chi connectivity index (χ1v) is 7.37. The fraction of sp³-hybridized carbons (Fsp3) is 0.625. The summed E-state index contributed by atoms with van der Waals surface area (Å²) in [6, 6.07) is 6.62. The van der Waals surface area contributed by atoms with Crippen molar-refractivity contribution in [3.05, 3.63) is 35.6 Å². The highest BCUT2D eigenvalue weighted by Crippen LogP contribution is 2.27. The standard InChI is InChI=1S/C16H24FNO/c1-2-12-5-3-4-6-15(12)18-11-16(19)13-7-9-14(17)10-8-13/h7-10,12,15-16,18-19H,2-6,11H2,1H3. The van der Waals surface area contributed by atoms with Crippen molar-refractivity contribution < 1.29 is 9.50 Å². The minimum atomic E-state index is -0.556. The lowest BCUT2D eigenvalue weighted by Gasteiger charge is -2.32. The van der Waals surface area contributed by atoms with Crippen LogP contribution in [-0.2, 0) is 0 Å². The summed E-state index contributed by atoms with van der Waals surface area (Å²) in [4.78, 5) is 0. The molecule has 0 amide bonds. The molecule has 19 heavy (non-hydrogen) atoms. The van der Waals surface area contributed by atoms with E-state index in [1.54, 1.807) is 12.1 Å². The van der Waals surface area contributed by atoms with E-state index in [0.717, 1.165) is 11.5 Å². The molecule has 106 valence electrons. The van der Waals surface area contributed by atoms with Gasteiger partial charge in [0, 0.05) is 12.6 Å². The quantitative estimate of drug-likeness (QED) is 0.855. The second-order valence-electron chi connectivity index (χ2n) is 5.53. The second-order valence-corrected chi connectivity index (χ2v) is 5.53. The van der Waals surface area contributed by atoms with Crippen LogP contribution in [0.15, 0.2) is 24.3 Å². The number of hydrogen-bond donors (Lipinski definition) is 2. The smallest absolute Gasteiger partial charge is 0.123 e. The van der Waals surface area contributed by atoms with Gasteiger partial charge < -0.3 is 10.4 Å². The molecule has 1 aromatic carbocycles. The highest BCUT2D eigenvalue weighted by molar-refractivity contribution is 5.18. The van der Waals surface area contributed by atoms with Gasteiger partial charge in [0.15, 0.2) is 0 Å². The number of benzene rings is 1. The average molecular weight is 265 g/mol. The predicted molar refractivity (Wildman–Crippen MR) is 75.4 cm³/mol. The van der Waals surface area contributed by atoms with Crippen molar-refractivity contribution in [3.63, 3.8) is 0 Å². The van der Waals surface area contributed by atoms with E-state index in [0.29, 0.717) is 12.6 Å². The molecule has 0 spiro atoms. The molecule has 0 heterocycles. The van der Waals surface area contributed by atoms with Crippen molar-refractivity contribution in [2.24, 2.45) is 5.92 Å². The Morgan fingerprint density at radius 1 is 1.26 bits per heavy atom. The Morgan fingerprint density at radius 3 is 2.63 bits per heavy atom. The molecule has 0 saturated heterocycles. The van der Waals surface area contributed by atoms with E-state index in [-0.39, 0.29) is 5.82 Å². The zero-order valence-corrected chi connectivity index (χ0v) is 11.6. The van der Waals surface area contributed by atoms with Crippen LogP contribution in [0.25, 0.3) is 0 Å². The molecule has 2 nitrogen and oxygen atoms in total. The molecule has 1 aromatic rings. The first-order valence-electron chi connectivity index (χ1n) is 7.37. The van der Waals surface area contributed by atoms with E-state index in [1.807, 2.05) is 0 Å². The summed E-state index contributed by atoms with van der Waals surface area (Å²) in [7, 11) is 0. The molecular weight excluding hydrogens is 241 g/mol. The maximum atomic E-state index is 12.8. The fourth-order valence-electron chi connectivity index (χ4n) is 3.03. The van der Waals surface area contributed by atoms with Crippen LogP contribution in [0, 0.1) is 11.7 Å². The molecule has 0 radical (unpaired) electrons. The summed E-state index contributed by atoms with van der Waals surface area (Å²) in [5.41, 5.74) is 0.776. The minimum Gasteiger partial charge on any atom is -0.387 e.